The number of hydrogen-bond acceptors (Lipinski definition) is 8. The van der Waals surface area contributed by atoms with E-state index in [2.05, 4.69) is 25.8 Å². The lowest BCUT2D eigenvalue weighted by Crippen LogP contribution is -2.57. The van der Waals surface area contributed by atoms with E-state index in [0.29, 0.717) is 33.6 Å². The lowest BCUT2D eigenvalue weighted by molar-refractivity contribution is -0.137. The fourth-order valence-electron chi connectivity index (χ4n) is 4.53. The van der Waals surface area contributed by atoms with Gasteiger partial charge in [-0.3, -0.25) is 19.2 Å². The summed E-state index contributed by atoms with van der Waals surface area (Å²) < 4.78 is 0.493. The van der Waals surface area contributed by atoms with Crippen molar-refractivity contribution in [2.45, 2.75) is 44.3 Å². The predicted molar refractivity (Wildman–Crippen MR) is 139 cm³/mol. The van der Waals surface area contributed by atoms with Gasteiger partial charge in [0, 0.05) is 50.4 Å². The fourth-order valence-corrected chi connectivity index (χ4v) is 6.56. The molecule has 0 unspecified atom stereocenters. The van der Waals surface area contributed by atoms with Crippen molar-refractivity contribution in [2.24, 2.45) is 5.92 Å². The van der Waals surface area contributed by atoms with Gasteiger partial charge in [-0.1, -0.05) is 11.6 Å². The van der Waals surface area contributed by atoms with E-state index < -0.39 is 23.9 Å². The minimum absolute atomic E-state index is 0.0286. The van der Waals surface area contributed by atoms with Crippen molar-refractivity contribution in [1.29, 1.82) is 0 Å². The maximum Gasteiger partial charge on any atom is 0.314 e. The van der Waals surface area contributed by atoms with Gasteiger partial charge in [0.1, 0.15) is 0 Å². The van der Waals surface area contributed by atoms with E-state index in [1.165, 1.54) is 16.2 Å². The number of carbonyl (C=O) groups is 4. The topological polar surface area (TPSA) is 124 Å². The molecule has 1 saturated carbocycles. The smallest absolute Gasteiger partial charge is 0.314 e. The van der Waals surface area contributed by atoms with E-state index in [9.17, 15) is 19.2 Å². The lowest BCUT2D eigenvalue weighted by atomic mass is 9.81. The third-order valence-electron chi connectivity index (χ3n) is 6.41. The molecule has 0 spiro atoms. The molecule has 3 atom stereocenters. The minimum atomic E-state index is -0.818. The Balaban J connectivity index is 1.46. The van der Waals surface area contributed by atoms with Gasteiger partial charge in [-0.15, -0.1) is 22.7 Å². The van der Waals surface area contributed by atoms with Crippen molar-refractivity contribution >= 4 is 62.9 Å². The Kier molecular flexibility index (Phi) is 8.28. The summed E-state index contributed by atoms with van der Waals surface area (Å²) in [4.78, 5) is 60.2. The Morgan fingerprint density at radius 1 is 1.08 bits per heavy atom. The molecule has 36 heavy (non-hydrogen) atoms. The van der Waals surface area contributed by atoms with Crippen molar-refractivity contribution < 1.29 is 19.2 Å². The molecule has 1 aliphatic heterocycles. The summed E-state index contributed by atoms with van der Waals surface area (Å²) >= 11 is 8.41. The molecule has 1 aliphatic carbocycles. The highest BCUT2D eigenvalue weighted by molar-refractivity contribution is 7.20. The van der Waals surface area contributed by atoms with E-state index in [0.717, 1.165) is 41.4 Å². The van der Waals surface area contributed by atoms with Crippen molar-refractivity contribution in [3.63, 3.8) is 0 Å². The molecule has 0 aromatic carbocycles. The molecule has 2 aromatic rings. The zero-order valence-corrected chi connectivity index (χ0v) is 22.7. The van der Waals surface area contributed by atoms with Crippen LogP contribution in [0.1, 0.15) is 39.6 Å². The highest BCUT2D eigenvalue weighted by atomic mass is 35.5. The number of aromatic nitrogens is 1. The summed E-state index contributed by atoms with van der Waals surface area (Å²) in [5.41, 5.74) is 0.947. The second-order valence-corrected chi connectivity index (χ2v) is 12.1. The number of halogens is 1. The Labute approximate surface area is 222 Å². The van der Waals surface area contributed by atoms with Crippen molar-refractivity contribution in [1.82, 2.24) is 25.4 Å². The second-order valence-electron chi connectivity index (χ2n) is 9.34. The van der Waals surface area contributed by atoms with Gasteiger partial charge in [-0.2, -0.15) is 0 Å². The number of anilines is 1. The molecule has 13 heteroatoms. The third kappa shape index (κ3) is 6.23. The zero-order valence-electron chi connectivity index (χ0n) is 20.3. The van der Waals surface area contributed by atoms with E-state index in [-0.39, 0.29) is 17.7 Å². The van der Waals surface area contributed by atoms with Gasteiger partial charge in [0.2, 0.25) is 5.91 Å². The normalized spacial score (nSPS) is 21.8. The van der Waals surface area contributed by atoms with E-state index in [1.807, 2.05) is 7.05 Å². The average molecular weight is 553 g/mol. The van der Waals surface area contributed by atoms with Crippen LogP contribution in [0.4, 0.5) is 5.00 Å². The van der Waals surface area contributed by atoms with Crippen LogP contribution >= 0.6 is 34.3 Å². The summed E-state index contributed by atoms with van der Waals surface area (Å²) in [6, 6.07) is 2.20. The highest BCUT2D eigenvalue weighted by Crippen LogP contribution is 2.29. The van der Waals surface area contributed by atoms with Gasteiger partial charge < -0.3 is 25.8 Å². The van der Waals surface area contributed by atoms with E-state index in [4.69, 9.17) is 11.6 Å². The molecular weight excluding hydrogens is 524 g/mol. The van der Waals surface area contributed by atoms with Crippen LogP contribution in [0.25, 0.3) is 0 Å². The van der Waals surface area contributed by atoms with Crippen LogP contribution in [-0.2, 0) is 27.3 Å². The summed E-state index contributed by atoms with van der Waals surface area (Å²) in [5.74, 6) is -2.29. The standard InChI is InChI=1S/C23H29ClN6O4S2/c1-29(2)23(34)12-4-5-13(25-19(31)20(32)28-18-7-6-17(24)36-18)15(10-12)26-21(33)22-27-14-8-9-30(3)11-16(14)35-22/h6-7,12-13,15H,4-5,8-11H2,1-3H3,(H,25,31)(H,26,33)(H,28,32)/t12-,13-,15+/m0/s1. The van der Waals surface area contributed by atoms with Crippen LogP contribution in [0.5, 0.6) is 0 Å². The van der Waals surface area contributed by atoms with Crippen LogP contribution in [0.3, 0.4) is 0 Å². The first-order valence-electron chi connectivity index (χ1n) is 11.7. The van der Waals surface area contributed by atoms with Crippen LogP contribution in [0.15, 0.2) is 12.1 Å². The number of rotatable bonds is 5. The zero-order chi connectivity index (χ0) is 26.0. The number of carbonyl (C=O) groups excluding carboxylic acids is 4. The number of nitrogens with zero attached hydrogens (tertiary/aromatic N) is 3. The number of thiazole rings is 1. The van der Waals surface area contributed by atoms with Crippen molar-refractivity contribution in [3.8, 4) is 0 Å². The Morgan fingerprint density at radius 2 is 1.86 bits per heavy atom. The molecule has 0 radical (unpaired) electrons. The second kappa shape index (κ2) is 11.2. The third-order valence-corrected chi connectivity index (χ3v) is 8.63. The molecule has 2 aliphatic rings. The molecule has 2 aromatic heterocycles. The quantitative estimate of drug-likeness (QED) is 0.487. The van der Waals surface area contributed by atoms with Crippen molar-refractivity contribution in [2.75, 3.05) is 33.0 Å². The van der Waals surface area contributed by atoms with E-state index in [1.54, 1.807) is 26.2 Å². The molecule has 194 valence electrons. The first-order chi connectivity index (χ1) is 17.1. The fraction of sp³-hybridized carbons (Fsp3) is 0.522. The Hall–Kier alpha value is -2.54. The van der Waals surface area contributed by atoms with Gasteiger partial charge in [0.15, 0.2) is 5.01 Å². The molecular formula is C23H29ClN6O4S2. The summed E-state index contributed by atoms with van der Waals surface area (Å²) in [5, 5.41) is 9.10. The predicted octanol–water partition coefficient (Wildman–Crippen LogP) is 1.96. The van der Waals surface area contributed by atoms with Gasteiger partial charge >= 0.3 is 11.8 Å². The molecule has 0 saturated heterocycles. The molecule has 0 bridgehead atoms. The largest absolute Gasteiger partial charge is 0.349 e. The Bertz CT molecular complexity index is 1170. The van der Waals surface area contributed by atoms with Gasteiger partial charge in [0.05, 0.1) is 21.1 Å². The van der Waals surface area contributed by atoms with Gasteiger partial charge in [-0.05, 0) is 38.4 Å². The molecule has 4 rings (SSSR count). The van der Waals surface area contributed by atoms with Gasteiger partial charge in [0.25, 0.3) is 5.91 Å². The average Bonchev–Trinajstić information content (AvgIpc) is 3.44. The first-order valence-corrected chi connectivity index (χ1v) is 13.7. The SMILES string of the molecule is CN1CCc2nc(C(=O)N[C@@H]3C[C@@H](C(=O)N(C)C)CC[C@@H]3NC(=O)C(=O)Nc3ccc(Cl)s3)sc2C1. The molecule has 1 fully saturated rings. The lowest BCUT2D eigenvalue weighted by Gasteiger charge is -2.37. The maximum atomic E-state index is 13.2. The van der Waals surface area contributed by atoms with Crippen LogP contribution < -0.4 is 16.0 Å². The summed E-state index contributed by atoms with van der Waals surface area (Å²) in [7, 11) is 5.42. The highest BCUT2D eigenvalue weighted by Gasteiger charge is 2.37. The Morgan fingerprint density at radius 3 is 2.56 bits per heavy atom. The molecule has 3 heterocycles. The van der Waals surface area contributed by atoms with Crippen LogP contribution in [-0.4, -0.2) is 78.2 Å². The van der Waals surface area contributed by atoms with Crippen molar-refractivity contribution in [3.05, 3.63) is 32.0 Å². The molecule has 10 nitrogen and oxygen atoms in total. The number of amides is 4. The number of hydrogen-bond donors (Lipinski definition) is 3. The number of likely N-dealkylation sites (N-methyl/N-ethyl adjacent to an activating group) is 1. The molecule has 4 amide bonds. The van der Waals surface area contributed by atoms with Crippen LogP contribution in [0, 0.1) is 5.92 Å². The molecule has 3 N–H and O–H groups in total. The summed E-state index contributed by atoms with van der Waals surface area (Å²) in [6.07, 6.45) is 2.12. The van der Waals surface area contributed by atoms with Crippen LogP contribution in [0.2, 0.25) is 4.34 Å². The van der Waals surface area contributed by atoms with Gasteiger partial charge in [-0.25, -0.2) is 4.98 Å². The van der Waals surface area contributed by atoms with E-state index >= 15 is 0 Å². The monoisotopic (exact) mass is 552 g/mol. The number of thiophene rings is 1. The number of nitrogens with one attached hydrogen (secondary N) is 3. The minimum Gasteiger partial charge on any atom is -0.349 e. The number of fused-ring (bicyclic) bond motifs is 1. The maximum absolute atomic E-state index is 13.2. The summed E-state index contributed by atoms with van der Waals surface area (Å²) in [6.45, 7) is 1.65. The first kappa shape index (κ1) is 26.5.